The summed E-state index contributed by atoms with van der Waals surface area (Å²) in [6, 6.07) is 86.3. The highest BCUT2D eigenvalue weighted by Crippen LogP contribution is 2.48. The zero-order valence-electron chi connectivity index (χ0n) is 32.5. The summed E-state index contributed by atoms with van der Waals surface area (Å²) in [5.41, 5.74) is 13.0. The van der Waals surface area contributed by atoms with E-state index in [0.29, 0.717) is 0 Å². The number of hydrogen-bond acceptors (Lipinski definition) is 1. The average Bonchev–Trinajstić information content (AvgIpc) is 3.32. The van der Waals surface area contributed by atoms with Gasteiger partial charge in [-0.05, 0) is 113 Å². The minimum atomic E-state index is 1.09. The van der Waals surface area contributed by atoms with Crippen LogP contribution >= 0.6 is 0 Å². The van der Waals surface area contributed by atoms with Crippen molar-refractivity contribution >= 4 is 60.2 Å². The molecular formula is C58H39N. The van der Waals surface area contributed by atoms with Crippen LogP contribution < -0.4 is 4.90 Å². The zero-order chi connectivity index (χ0) is 39.1. The van der Waals surface area contributed by atoms with Crippen LogP contribution in [0.5, 0.6) is 0 Å². The highest BCUT2D eigenvalue weighted by atomic mass is 15.1. The summed E-state index contributed by atoms with van der Waals surface area (Å²) in [7, 11) is 0. The summed E-state index contributed by atoms with van der Waals surface area (Å²) < 4.78 is 0. The maximum Gasteiger partial charge on any atom is 0.0540 e. The number of nitrogens with zero attached hydrogens (tertiary/aromatic N) is 1. The predicted molar refractivity (Wildman–Crippen MR) is 253 cm³/mol. The summed E-state index contributed by atoms with van der Waals surface area (Å²) in [5, 5.41) is 9.83. The van der Waals surface area contributed by atoms with Crippen LogP contribution in [0.1, 0.15) is 0 Å². The molecular weight excluding hydrogens is 711 g/mol. The van der Waals surface area contributed by atoms with Gasteiger partial charge in [-0.1, -0.05) is 206 Å². The number of fused-ring (bicyclic) bond motifs is 5. The lowest BCUT2D eigenvalue weighted by atomic mass is 9.85. The average molecular weight is 750 g/mol. The van der Waals surface area contributed by atoms with Crippen LogP contribution in [-0.2, 0) is 0 Å². The molecule has 276 valence electrons. The molecule has 0 fully saturated rings. The summed E-state index contributed by atoms with van der Waals surface area (Å²) in [5.74, 6) is 0. The SMILES string of the molecule is c1ccc(-c2ccc(N(c3cccc(-c4cccc5ccccc45)c3)c3ccc4c(c3)c(-c3ccccc3)c(-c3ccccc3)c3ccccc34)c3ccccc23)cc1. The molecule has 0 unspecified atom stereocenters. The summed E-state index contributed by atoms with van der Waals surface area (Å²) >= 11 is 0. The molecule has 0 aliphatic heterocycles. The number of benzene rings is 11. The second-order valence-electron chi connectivity index (χ2n) is 15.2. The Morgan fingerprint density at radius 1 is 0.237 bits per heavy atom. The molecule has 0 heterocycles. The van der Waals surface area contributed by atoms with Gasteiger partial charge in [-0.15, -0.1) is 0 Å². The van der Waals surface area contributed by atoms with Crippen molar-refractivity contribution in [2.45, 2.75) is 0 Å². The van der Waals surface area contributed by atoms with Crippen LogP contribution in [0.4, 0.5) is 17.1 Å². The lowest BCUT2D eigenvalue weighted by Crippen LogP contribution is -2.11. The van der Waals surface area contributed by atoms with Crippen LogP contribution in [0.3, 0.4) is 0 Å². The van der Waals surface area contributed by atoms with Gasteiger partial charge in [-0.25, -0.2) is 0 Å². The van der Waals surface area contributed by atoms with Crippen LogP contribution in [-0.4, -0.2) is 0 Å². The molecule has 0 aromatic heterocycles. The van der Waals surface area contributed by atoms with Crippen molar-refractivity contribution in [2.24, 2.45) is 0 Å². The molecule has 0 atom stereocenters. The zero-order valence-corrected chi connectivity index (χ0v) is 32.5. The first-order valence-electron chi connectivity index (χ1n) is 20.3. The molecule has 0 radical (unpaired) electrons. The molecule has 0 saturated heterocycles. The lowest BCUT2D eigenvalue weighted by Gasteiger charge is -2.29. The Morgan fingerprint density at radius 3 is 1.46 bits per heavy atom. The van der Waals surface area contributed by atoms with Crippen LogP contribution in [0, 0.1) is 0 Å². The molecule has 59 heavy (non-hydrogen) atoms. The molecule has 0 spiro atoms. The molecule has 1 nitrogen and oxygen atoms in total. The molecule has 0 saturated carbocycles. The first kappa shape index (κ1) is 34.5. The van der Waals surface area contributed by atoms with Crippen molar-refractivity contribution in [3.63, 3.8) is 0 Å². The van der Waals surface area contributed by atoms with Crippen molar-refractivity contribution in [1.82, 2.24) is 0 Å². The molecule has 11 rings (SSSR count). The van der Waals surface area contributed by atoms with E-state index in [1.165, 1.54) is 87.6 Å². The Balaban J connectivity index is 1.22. The van der Waals surface area contributed by atoms with E-state index in [-0.39, 0.29) is 0 Å². The largest absolute Gasteiger partial charge is 0.310 e. The predicted octanol–water partition coefficient (Wildman–Crippen LogP) is 16.4. The second-order valence-corrected chi connectivity index (χ2v) is 15.2. The molecule has 0 bridgehead atoms. The summed E-state index contributed by atoms with van der Waals surface area (Å²) in [6.45, 7) is 0. The van der Waals surface area contributed by atoms with Crippen LogP contribution in [0.25, 0.3) is 87.6 Å². The maximum absolute atomic E-state index is 2.47. The van der Waals surface area contributed by atoms with E-state index in [0.717, 1.165) is 17.1 Å². The van der Waals surface area contributed by atoms with Gasteiger partial charge in [0.1, 0.15) is 0 Å². The second kappa shape index (κ2) is 14.6. The van der Waals surface area contributed by atoms with Crippen LogP contribution in [0.15, 0.2) is 237 Å². The van der Waals surface area contributed by atoms with Gasteiger partial charge in [0, 0.05) is 16.8 Å². The van der Waals surface area contributed by atoms with Gasteiger partial charge in [0.25, 0.3) is 0 Å². The van der Waals surface area contributed by atoms with Gasteiger partial charge in [0.2, 0.25) is 0 Å². The Labute approximate surface area is 344 Å². The van der Waals surface area contributed by atoms with Crippen molar-refractivity contribution in [3.8, 4) is 44.5 Å². The third-order valence-electron chi connectivity index (χ3n) is 11.8. The van der Waals surface area contributed by atoms with Gasteiger partial charge < -0.3 is 4.90 Å². The monoisotopic (exact) mass is 749 g/mol. The van der Waals surface area contributed by atoms with E-state index >= 15 is 0 Å². The van der Waals surface area contributed by atoms with Crippen molar-refractivity contribution in [1.29, 1.82) is 0 Å². The minimum Gasteiger partial charge on any atom is -0.310 e. The Bertz CT molecular complexity index is 3310. The fourth-order valence-corrected chi connectivity index (χ4v) is 9.19. The van der Waals surface area contributed by atoms with Gasteiger partial charge >= 0.3 is 0 Å². The third kappa shape index (κ3) is 6.04. The minimum absolute atomic E-state index is 1.09. The quantitative estimate of drug-likeness (QED) is 0.147. The molecule has 1 heteroatoms. The topological polar surface area (TPSA) is 3.24 Å². The van der Waals surface area contributed by atoms with Crippen LogP contribution in [0.2, 0.25) is 0 Å². The van der Waals surface area contributed by atoms with Crippen molar-refractivity contribution < 1.29 is 0 Å². The number of rotatable bonds is 7. The fraction of sp³-hybridized carbons (Fsp3) is 0. The molecule has 0 aliphatic carbocycles. The summed E-state index contributed by atoms with van der Waals surface area (Å²) in [4.78, 5) is 2.47. The van der Waals surface area contributed by atoms with E-state index in [1.807, 2.05) is 0 Å². The van der Waals surface area contributed by atoms with Gasteiger partial charge in [-0.3, -0.25) is 0 Å². The van der Waals surface area contributed by atoms with E-state index < -0.39 is 0 Å². The van der Waals surface area contributed by atoms with Gasteiger partial charge in [0.15, 0.2) is 0 Å². The molecule has 0 amide bonds. The molecule has 0 aliphatic rings. The van der Waals surface area contributed by atoms with Gasteiger partial charge in [0.05, 0.1) is 5.69 Å². The number of anilines is 3. The molecule has 11 aromatic rings. The first-order valence-corrected chi connectivity index (χ1v) is 20.3. The normalized spacial score (nSPS) is 11.4. The van der Waals surface area contributed by atoms with Crippen molar-refractivity contribution in [2.75, 3.05) is 4.90 Å². The summed E-state index contributed by atoms with van der Waals surface area (Å²) in [6.07, 6.45) is 0. The highest BCUT2D eigenvalue weighted by molar-refractivity contribution is 6.22. The smallest absolute Gasteiger partial charge is 0.0540 e. The maximum atomic E-state index is 2.47. The van der Waals surface area contributed by atoms with Gasteiger partial charge in [-0.2, -0.15) is 0 Å². The Hall–Kier alpha value is -7.74. The lowest BCUT2D eigenvalue weighted by molar-refractivity contribution is 1.30. The molecule has 11 aromatic carbocycles. The Morgan fingerprint density at radius 2 is 0.729 bits per heavy atom. The Kier molecular flexibility index (Phi) is 8.56. The molecule has 0 N–H and O–H groups in total. The third-order valence-corrected chi connectivity index (χ3v) is 11.8. The standard InChI is InChI=1S/C58H39N/c1-4-18-40(19-5-1)49-36-37-56(53-31-14-12-29-50(49)53)59(45-27-16-26-44(38-45)48-33-17-25-41-20-10-11-28-47(41)48)46-34-35-52-51-30-13-15-32-54(51)57(42-21-6-2-7-22-42)58(55(52)39-46)43-23-8-3-9-24-43/h1-39H. The highest BCUT2D eigenvalue weighted by Gasteiger charge is 2.22. The van der Waals surface area contributed by atoms with Crippen molar-refractivity contribution in [3.05, 3.63) is 237 Å². The van der Waals surface area contributed by atoms with E-state index in [2.05, 4.69) is 241 Å². The first-order chi connectivity index (χ1) is 29.3. The van der Waals surface area contributed by atoms with E-state index in [9.17, 15) is 0 Å². The van der Waals surface area contributed by atoms with E-state index in [1.54, 1.807) is 0 Å². The fourth-order valence-electron chi connectivity index (χ4n) is 9.19. The van der Waals surface area contributed by atoms with E-state index in [4.69, 9.17) is 0 Å². The number of hydrogen-bond donors (Lipinski definition) is 0.